The molecule has 2 aromatic rings. The lowest BCUT2D eigenvalue weighted by molar-refractivity contribution is -0.118. The van der Waals surface area contributed by atoms with Crippen LogP contribution in [0.15, 0.2) is 28.6 Å². The topological polar surface area (TPSA) is 93.2 Å². The Bertz CT molecular complexity index is 754. The number of benzene rings is 1. The van der Waals surface area contributed by atoms with Crippen molar-refractivity contribution in [3.05, 3.63) is 35.4 Å². The minimum absolute atomic E-state index is 0.0811. The third kappa shape index (κ3) is 6.64. The molecule has 1 aromatic carbocycles. The van der Waals surface area contributed by atoms with Gasteiger partial charge in [-0.05, 0) is 38.5 Å². The summed E-state index contributed by atoms with van der Waals surface area (Å²) >= 11 is 2.78. The van der Waals surface area contributed by atoms with Crippen molar-refractivity contribution in [2.24, 2.45) is 0 Å². The first-order valence-corrected chi connectivity index (χ1v) is 9.75. The van der Waals surface area contributed by atoms with E-state index in [4.69, 9.17) is 0 Å². The maximum atomic E-state index is 12.0. The van der Waals surface area contributed by atoms with Crippen LogP contribution in [-0.2, 0) is 16.1 Å². The smallest absolute Gasteiger partial charge is 0.337 e. The fraction of sp³-hybridized carbons (Fsp3) is 0.412. The summed E-state index contributed by atoms with van der Waals surface area (Å²) in [7, 11) is 1.34. The first-order chi connectivity index (χ1) is 12.3. The van der Waals surface area contributed by atoms with Crippen LogP contribution in [0.3, 0.4) is 0 Å². The van der Waals surface area contributed by atoms with Gasteiger partial charge in [0.1, 0.15) is 0 Å². The summed E-state index contributed by atoms with van der Waals surface area (Å²) < 4.78 is 5.40. The average molecular weight is 395 g/mol. The molecule has 0 atom stereocenters. The van der Waals surface area contributed by atoms with E-state index in [9.17, 15) is 9.59 Å². The molecule has 0 aliphatic rings. The maximum absolute atomic E-state index is 12.0. The molecule has 1 amide bonds. The van der Waals surface area contributed by atoms with E-state index in [0.717, 1.165) is 15.0 Å². The van der Waals surface area contributed by atoms with Crippen molar-refractivity contribution in [1.82, 2.24) is 15.5 Å². The summed E-state index contributed by atoms with van der Waals surface area (Å²) in [4.78, 5) is 23.4. The summed E-state index contributed by atoms with van der Waals surface area (Å²) in [5, 5.41) is 15.0. The molecule has 26 heavy (non-hydrogen) atoms. The van der Waals surface area contributed by atoms with E-state index in [0.29, 0.717) is 12.1 Å². The van der Waals surface area contributed by atoms with Gasteiger partial charge in [-0.2, -0.15) is 0 Å². The van der Waals surface area contributed by atoms with Crippen molar-refractivity contribution in [2.75, 3.05) is 18.2 Å². The summed E-state index contributed by atoms with van der Waals surface area (Å²) in [5.41, 5.74) is 1.31. The summed E-state index contributed by atoms with van der Waals surface area (Å²) in [6.07, 6.45) is 0. The van der Waals surface area contributed by atoms with Crippen LogP contribution in [0.25, 0.3) is 0 Å². The molecule has 0 fully saturated rings. The van der Waals surface area contributed by atoms with E-state index in [1.54, 1.807) is 24.3 Å². The second-order valence-corrected chi connectivity index (χ2v) is 8.70. The number of carbonyl (C=O) groups is 2. The van der Waals surface area contributed by atoms with Crippen LogP contribution in [0.2, 0.25) is 0 Å². The number of aromatic nitrogens is 2. The molecule has 140 valence electrons. The van der Waals surface area contributed by atoms with Gasteiger partial charge >= 0.3 is 5.97 Å². The van der Waals surface area contributed by atoms with E-state index in [-0.39, 0.29) is 23.2 Å². The number of thioether (sulfide) groups is 1. The number of ether oxygens (including phenoxy) is 1. The lowest BCUT2D eigenvalue weighted by Gasteiger charge is -2.18. The van der Waals surface area contributed by atoms with Crippen LogP contribution in [0.4, 0.5) is 5.13 Å². The zero-order chi connectivity index (χ0) is 19.2. The average Bonchev–Trinajstić information content (AvgIpc) is 3.03. The normalized spacial score (nSPS) is 11.1. The number of nitrogens with one attached hydrogen (secondary N) is 2. The van der Waals surface area contributed by atoms with E-state index in [2.05, 4.69) is 25.6 Å². The molecular formula is C17H22N4O3S2. The minimum atomic E-state index is -0.380. The van der Waals surface area contributed by atoms with Crippen molar-refractivity contribution in [1.29, 1.82) is 0 Å². The van der Waals surface area contributed by atoms with Gasteiger partial charge in [0.2, 0.25) is 11.0 Å². The van der Waals surface area contributed by atoms with Crippen LogP contribution in [-0.4, -0.2) is 40.5 Å². The molecule has 1 aromatic heterocycles. The van der Waals surface area contributed by atoms with Gasteiger partial charge in [-0.3, -0.25) is 4.79 Å². The Labute approximate surface area is 160 Å². The number of esters is 1. The molecular weight excluding hydrogens is 372 g/mol. The van der Waals surface area contributed by atoms with E-state index in [1.165, 1.54) is 30.2 Å². The van der Waals surface area contributed by atoms with Crippen molar-refractivity contribution in [3.8, 4) is 0 Å². The summed E-state index contributed by atoms with van der Waals surface area (Å²) in [6.45, 7) is 6.54. The predicted molar refractivity (Wildman–Crippen MR) is 104 cm³/mol. The van der Waals surface area contributed by atoms with Crippen molar-refractivity contribution in [2.45, 2.75) is 37.2 Å². The minimum Gasteiger partial charge on any atom is -0.465 e. The van der Waals surface area contributed by atoms with Crippen LogP contribution in [0.1, 0.15) is 36.7 Å². The molecule has 2 N–H and O–H groups in total. The molecule has 0 bridgehead atoms. The van der Waals surface area contributed by atoms with E-state index < -0.39 is 0 Å². The Morgan fingerprint density at radius 2 is 1.88 bits per heavy atom. The highest BCUT2D eigenvalue weighted by Crippen LogP contribution is 2.27. The Balaban J connectivity index is 1.76. The fourth-order valence-corrected chi connectivity index (χ4v) is 3.69. The molecule has 0 aliphatic carbocycles. The lowest BCUT2D eigenvalue weighted by atomic mass is 10.1. The van der Waals surface area contributed by atoms with Crippen LogP contribution < -0.4 is 10.6 Å². The van der Waals surface area contributed by atoms with Gasteiger partial charge in [-0.15, -0.1) is 10.2 Å². The highest BCUT2D eigenvalue weighted by atomic mass is 32.2. The van der Waals surface area contributed by atoms with Gasteiger partial charge in [0.15, 0.2) is 4.34 Å². The fourth-order valence-electron chi connectivity index (χ4n) is 1.89. The van der Waals surface area contributed by atoms with Crippen LogP contribution in [0.5, 0.6) is 0 Å². The number of nitrogens with zero attached hydrogens (tertiary/aromatic N) is 2. The van der Waals surface area contributed by atoms with Gasteiger partial charge in [-0.25, -0.2) is 4.79 Å². The molecule has 7 nitrogen and oxygen atoms in total. The Kier molecular flexibility index (Phi) is 6.98. The van der Waals surface area contributed by atoms with Gasteiger partial charge in [0, 0.05) is 12.1 Å². The zero-order valence-corrected chi connectivity index (χ0v) is 16.8. The Morgan fingerprint density at radius 1 is 1.19 bits per heavy atom. The second kappa shape index (κ2) is 9.00. The van der Waals surface area contributed by atoms with Gasteiger partial charge in [-0.1, -0.05) is 35.2 Å². The molecule has 0 aliphatic heterocycles. The summed E-state index contributed by atoms with van der Waals surface area (Å²) in [6, 6.07) is 6.92. The van der Waals surface area contributed by atoms with Gasteiger partial charge in [0.05, 0.1) is 18.4 Å². The number of hydrogen-bond acceptors (Lipinski definition) is 8. The first kappa shape index (κ1) is 20.2. The molecule has 0 unspecified atom stereocenters. The van der Waals surface area contributed by atoms with E-state index in [1.807, 2.05) is 20.8 Å². The molecule has 9 heteroatoms. The largest absolute Gasteiger partial charge is 0.465 e. The van der Waals surface area contributed by atoms with Crippen molar-refractivity contribution in [3.63, 3.8) is 0 Å². The molecule has 0 spiro atoms. The van der Waals surface area contributed by atoms with E-state index >= 15 is 0 Å². The van der Waals surface area contributed by atoms with Crippen LogP contribution >= 0.6 is 23.1 Å². The summed E-state index contributed by atoms with van der Waals surface area (Å²) in [5.74, 6) is -0.202. The molecule has 2 rings (SSSR count). The second-order valence-electron chi connectivity index (χ2n) is 6.50. The number of hydrogen-bond donors (Lipinski definition) is 2. The van der Waals surface area contributed by atoms with Gasteiger partial charge < -0.3 is 15.4 Å². The van der Waals surface area contributed by atoms with Gasteiger partial charge in [0.25, 0.3) is 0 Å². The first-order valence-electron chi connectivity index (χ1n) is 7.95. The Morgan fingerprint density at radius 3 is 2.50 bits per heavy atom. The number of anilines is 1. The van der Waals surface area contributed by atoms with Crippen molar-refractivity contribution < 1.29 is 14.3 Å². The highest BCUT2D eigenvalue weighted by Gasteiger charge is 2.14. The third-order valence-electron chi connectivity index (χ3n) is 3.08. The monoisotopic (exact) mass is 394 g/mol. The quantitative estimate of drug-likeness (QED) is 0.551. The number of methoxy groups -OCH3 is 1. The number of carbonyl (C=O) groups excluding carboxylic acids is 2. The Hall–Kier alpha value is -2.13. The molecule has 1 heterocycles. The molecule has 0 radical (unpaired) electrons. The zero-order valence-electron chi connectivity index (χ0n) is 15.2. The maximum Gasteiger partial charge on any atom is 0.337 e. The highest BCUT2D eigenvalue weighted by molar-refractivity contribution is 8.01. The third-order valence-corrected chi connectivity index (χ3v) is 5.05. The molecule has 0 saturated carbocycles. The van der Waals surface area contributed by atoms with Crippen LogP contribution in [0, 0.1) is 0 Å². The van der Waals surface area contributed by atoms with Crippen molar-refractivity contribution >= 4 is 40.1 Å². The lowest BCUT2D eigenvalue weighted by Crippen LogP contribution is -2.25. The number of rotatable bonds is 7. The number of amides is 1. The predicted octanol–water partition coefficient (Wildman–Crippen LogP) is 2.94. The standard InChI is InChI=1S/C17H22N4O3S2/c1-17(2,3)19-15-20-21-16(26-15)25-10-13(22)18-9-11-5-7-12(8-6-11)14(23)24-4/h5-8H,9-10H2,1-4H3,(H,18,22)(H,19,20). The SMILES string of the molecule is COC(=O)c1ccc(CNC(=O)CSc2nnc(NC(C)(C)C)s2)cc1. The molecule has 0 saturated heterocycles.